The average molecular weight is 453 g/mol. The number of fused-ring (bicyclic) bond motifs is 1. The summed E-state index contributed by atoms with van der Waals surface area (Å²) in [5, 5.41) is 1.17. The van der Waals surface area contributed by atoms with Crippen molar-refractivity contribution in [2.45, 2.75) is 26.2 Å². The van der Waals surface area contributed by atoms with Crippen molar-refractivity contribution in [3.8, 4) is 11.3 Å². The summed E-state index contributed by atoms with van der Waals surface area (Å²) in [5.74, 6) is 0. The van der Waals surface area contributed by atoms with Gasteiger partial charge in [-0.3, -0.25) is 4.98 Å². The van der Waals surface area contributed by atoms with E-state index in [4.69, 9.17) is 4.98 Å². The first-order valence-corrected chi connectivity index (χ1v) is 6.92. The van der Waals surface area contributed by atoms with Gasteiger partial charge in [-0.05, 0) is 22.6 Å². The number of hydrogen-bond donors (Lipinski definition) is 0. The molecule has 0 unspecified atom stereocenters. The molecule has 0 aliphatic carbocycles. The van der Waals surface area contributed by atoms with E-state index in [9.17, 15) is 0 Å². The van der Waals surface area contributed by atoms with Gasteiger partial charge in [0.2, 0.25) is 0 Å². The van der Waals surface area contributed by atoms with Crippen LogP contribution < -0.4 is 0 Å². The molecule has 0 atom stereocenters. The summed E-state index contributed by atoms with van der Waals surface area (Å²) in [6, 6.07) is 22.1. The first kappa shape index (κ1) is 15.9. The number of pyridine rings is 1. The van der Waals surface area contributed by atoms with Crippen molar-refractivity contribution in [1.29, 1.82) is 0 Å². The molecule has 1 radical (unpaired) electrons. The van der Waals surface area contributed by atoms with Gasteiger partial charge in [0.15, 0.2) is 0 Å². The van der Waals surface area contributed by atoms with Gasteiger partial charge in [0.1, 0.15) is 0 Å². The second-order valence-electron chi connectivity index (χ2n) is 6.13. The second kappa shape index (κ2) is 6.09. The van der Waals surface area contributed by atoms with Crippen molar-refractivity contribution in [3.05, 3.63) is 66.2 Å². The molecule has 3 rings (SSSR count). The third kappa shape index (κ3) is 3.40. The van der Waals surface area contributed by atoms with E-state index in [1.807, 2.05) is 18.2 Å². The van der Waals surface area contributed by atoms with E-state index in [-0.39, 0.29) is 25.5 Å². The molecular weight excluding hydrogens is 434 g/mol. The van der Waals surface area contributed by atoms with Crippen LogP contribution in [0.2, 0.25) is 0 Å². The predicted octanol–water partition coefficient (Wildman–Crippen LogP) is 5.00. The van der Waals surface area contributed by atoms with Gasteiger partial charge in [0.05, 0.1) is 5.52 Å². The van der Waals surface area contributed by atoms with E-state index in [1.54, 1.807) is 0 Å². The van der Waals surface area contributed by atoms with Crippen LogP contribution in [0.3, 0.4) is 0 Å². The Morgan fingerprint density at radius 2 is 1.67 bits per heavy atom. The molecule has 1 nitrogen and oxygen atoms in total. The maximum Gasteiger partial charge on any atom is 0.0595 e. The first-order chi connectivity index (χ1) is 9.54. The van der Waals surface area contributed by atoms with Crippen LogP contribution in [0.1, 0.15) is 26.3 Å². The largest absolute Gasteiger partial charge is 0.296 e. The SMILES string of the molecule is CC(C)(C)c1c[c-]c(-c2ccc3ccccc3n2)cc1.[Ir]. The minimum Gasteiger partial charge on any atom is -0.296 e. The number of nitrogens with zero attached hydrogens (tertiary/aromatic N) is 1. The van der Waals surface area contributed by atoms with Gasteiger partial charge in [0.25, 0.3) is 0 Å². The fourth-order valence-corrected chi connectivity index (χ4v) is 2.27. The van der Waals surface area contributed by atoms with Crippen molar-refractivity contribution < 1.29 is 20.1 Å². The maximum absolute atomic E-state index is 4.71. The van der Waals surface area contributed by atoms with E-state index < -0.39 is 0 Å². The molecule has 0 spiro atoms. The Morgan fingerprint density at radius 3 is 2.33 bits per heavy atom. The molecule has 3 aromatic rings. The molecule has 1 aromatic heterocycles. The van der Waals surface area contributed by atoms with Crippen LogP contribution in [0.15, 0.2) is 54.6 Å². The molecule has 109 valence electrons. The smallest absolute Gasteiger partial charge is 0.0595 e. The minimum absolute atomic E-state index is 0. The molecule has 0 bridgehead atoms. The average Bonchev–Trinajstić information content (AvgIpc) is 2.46. The Kier molecular flexibility index (Phi) is 4.61. The summed E-state index contributed by atoms with van der Waals surface area (Å²) in [6.45, 7) is 6.64. The molecule has 1 heterocycles. The van der Waals surface area contributed by atoms with Crippen LogP contribution in [0.4, 0.5) is 0 Å². The fourth-order valence-electron chi connectivity index (χ4n) is 2.27. The van der Waals surface area contributed by atoms with Gasteiger partial charge in [-0.1, -0.05) is 51.1 Å². The zero-order chi connectivity index (χ0) is 14.2. The summed E-state index contributed by atoms with van der Waals surface area (Å²) >= 11 is 0. The fraction of sp³-hybridized carbons (Fsp3) is 0.211. The van der Waals surface area contributed by atoms with E-state index in [0.29, 0.717) is 0 Å². The second-order valence-corrected chi connectivity index (χ2v) is 6.13. The van der Waals surface area contributed by atoms with Crippen LogP contribution in [0.25, 0.3) is 22.2 Å². The molecule has 0 saturated carbocycles. The third-order valence-electron chi connectivity index (χ3n) is 3.55. The minimum atomic E-state index is 0. The molecule has 0 amide bonds. The molecular formula is C19H18IrN-. The van der Waals surface area contributed by atoms with Crippen LogP contribution in [0, 0.1) is 6.07 Å². The van der Waals surface area contributed by atoms with Crippen molar-refractivity contribution in [2.24, 2.45) is 0 Å². The summed E-state index contributed by atoms with van der Waals surface area (Å²) in [6.07, 6.45) is 0. The summed E-state index contributed by atoms with van der Waals surface area (Å²) in [5.41, 5.74) is 4.50. The summed E-state index contributed by atoms with van der Waals surface area (Å²) < 4.78 is 0. The van der Waals surface area contributed by atoms with Crippen LogP contribution in [0.5, 0.6) is 0 Å². The van der Waals surface area contributed by atoms with E-state index in [1.165, 1.54) is 10.9 Å². The van der Waals surface area contributed by atoms with Crippen LogP contribution in [-0.4, -0.2) is 4.98 Å². The van der Waals surface area contributed by atoms with Gasteiger partial charge in [-0.15, -0.1) is 35.4 Å². The van der Waals surface area contributed by atoms with Crippen molar-refractivity contribution >= 4 is 10.9 Å². The van der Waals surface area contributed by atoms with Gasteiger partial charge in [-0.25, -0.2) is 0 Å². The van der Waals surface area contributed by atoms with E-state index in [2.05, 4.69) is 63.2 Å². The standard InChI is InChI=1S/C19H18N.Ir/c1-19(2,3)16-11-8-15(9-12-16)18-13-10-14-6-4-5-7-17(14)20-18;/h4-8,10-13H,1-3H3;/q-1;. The first-order valence-electron chi connectivity index (χ1n) is 6.92. The Hall–Kier alpha value is -1.50. The normalized spacial score (nSPS) is 11.2. The number of hydrogen-bond acceptors (Lipinski definition) is 1. The number of rotatable bonds is 1. The van der Waals surface area contributed by atoms with Gasteiger partial charge in [0, 0.05) is 20.1 Å². The Bertz CT molecular complexity index is 739. The maximum atomic E-state index is 4.71. The quantitative estimate of drug-likeness (QED) is 0.474. The summed E-state index contributed by atoms with van der Waals surface area (Å²) in [7, 11) is 0. The van der Waals surface area contributed by atoms with Gasteiger partial charge < -0.3 is 0 Å². The van der Waals surface area contributed by atoms with Crippen LogP contribution >= 0.6 is 0 Å². The Balaban J connectivity index is 0.00000161. The molecule has 0 aliphatic heterocycles. The molecule has 21 heavy (non-hydrogen) atoms. The Morgan fingerprint density at radius 1 is 0.905 bits per heavy atom. The molecule has 0 saturated heterocycles. The Labute approximate surface area is 139 Å². The molecule has 2 aromatic carbocycles. The topological polar surface area (TPSA) is 12.9 Å². The molecule has 0 fully saturated rings. The number of benzene rings is 2. The number of aromatic nitrogens is 1. The van der Waals surface area contributed by atoms with Crippen molar-refractivity contribution in [2.75, 3.05) is 0 Å². The monoisotopic (exact) mass is 453 g/mol. The van der Waals surface area contributed by atoms with Crippen LogP contribution in [-0.2, 0) is 25.5 Å². The van der Waals surface area contributed by atoms with Gasteiger partial charge in [-0.2, -0.15) is 0 Å². The van der Waals surface area contributed by atoms with E-state index >= 15 is 0 Å². The molecule has 2 heteroatoms. The number of para-hydroxylation sites is 1. The molecule has 0 aliphatic rings. The van der Waals surface area contributed by atoms with Gasteiger partial charge >= 0.3 is 0 Å². The zero-order valence-electron chi connectivity index (χ0n) is 12.5. The van der Waals surface area contributed by atoms with E-state index in [0.717, 1.165) is 16.8 Å². The third-order valence-corrected chi connectivity index (χ3v) is 3.55. The predicted molar refractivity (Wildman–Crippen MR) is 84.7 cm³/mol. The van der Waals surface area contributed by atoms with Crippen molar-refractivity contribution in [1.82, 2.24) is 4.98 Å². The zero-order valence-corrected chi connectivity index (χ0v) is 14.9. The molecule has 0 N–H and O–H groups in total. The summed E-state index contributed by atoms with van der Waals surface area (Å²) in [4.78, 5) is 4.71. The van der Waals surface area contributed by atoms with Crippen molar-refractivity contribution in [3.63, 3.8) is 0 Å².